The number of nitrogens with zero attached hydrogens (tertiary/aromatic N) is 4. The molecule has 1 aliphatic carbocycles. The van der Waals surface area contributed by atoms with Gasteiger partial charge in [-0.25, -0.2) is 4.98 Å². The van der Waals surface area contributed by atoms with Gasteiger partial charge in [0.1, 0.15) is 6.61 Å². The van der Waals surface area contributed by atoms with Gasteiger partial charge in [-0.1, -0.05) is 134 Å². The van der Waals surface area contributed by atoms with Crippen LogP contribution in [0.25, 0.3) is 39.3 Å². The Morgan fingerprint density at radius 1 is 0.885 bits per heavy atom. The van der Waals surface area contributed by atoms with Crippen LogP contribution in [0.15, 0.2) is 36.4 Å². The van der Waals surface area contributed by atoms with E-state index in [4.69, 9.17) is 24.7 Å². The number of ketones is 1. The van der Waals surface area contributed by atoms with Crippen LogP contribution in [0.4, 0.5) is 0 Å². The largest absolute Gasteiger partial charge is 2.00 e. The number of aryl methyl sites for hydroxylation is 2. The molecule has 0 saturated heterocycles. The van der Waals surface area contributed by atoms with E-state index < -0.39 is 0 Å². The normalized spacial score (nSPS) is 17.2. The third kappa shape index (κ3) is 11.3. The number of hydrogen-bond donors (Lipinski definition) is 0. The summed E-state index contributed by atoms with van der Waals surface area (Å²) in [7, 11) is 0. The smallest absolute Gasteiger partial charge is 0.657 e. The number of Topliss-reactive ketones (excluding diaryl/α,β-unsaturated/α-hetero) is 1. The molecular weight excluding hydrogens is 765 g/mol. The van der Waals surface area contributed by atoms with Crippen LogP contribution in [0.2, 0.25) is 0 Å². The second-order valence-corrected chi connectivity index (χ2v) is 18.8. The maximum atomic E-state index is 13.7. The van der Waals surface area contributed by atoms with Crippen molar-refractivity contribution in [1.29, 1.82) is 0 Å². The summed E-state index contributed by atoms with van der Waals surface area (Å²) in [5.41, 5.74) is 14.6. The minimum Gasteiger partial charge on any atom is -0.657 e. The first-order chi connectivity index (χ1) is 28.7. The van der Waals surface area contributed by atoms with E-state index in [2.05, 4.69) is 87.1 Å². The SMILES string of the molecule is C=Cc1c(C)c2cc3nc(c4c5[n-]c(cc6nc(cc1[n-]2)C(C)=C6CC)c(C)c5C(=O)C4)[C@@H](CCC(=O)OC/C=C(\C)CCC[C@H](C)CCC[C@H](C)CCCC(C)C)[C@@H]3C.[Mg+2]. The molecule has 0 spiro atoms. The van der Waals surface area contributed by atoms with Crippen molar-refractivity contribution >= 4 is 74.1 Å². The van der Waals surface area contributed by atoms with Crippen LogP contribution >= 0.6 is 0 Å². The van der Waals surface area contributed by atoms with Crippen molar-refractivity contribution in [2.75, 3.05) is 6.61 Å². The molecule has 61 heavy (non-hydrogen) atoms. The molecule has 3 aliphatic rings. The van der Waals surface area contributed by atoms with Crippen molar-refractivity contribution in [1.82, 2.24) is 19.9 Å². The molecule has 8 heteroatoms. The molecule has 3 aromatic rings. The predicted octanol–water partition coefficient (Wildman–Crippen LogP) is 13.1. The van der Waals surface area contributed by atoms with E-state index in [1.165, 1.54) is 50.5 Å². The average molecular weight is 835 g/mol. The quantitative estimate of drug-likeness (QED) is 0.0674. The van der Waals surface area contributed by atoms with E-state index in [1.807, 2.05) is 19.1 Å². The van der Waals surface area contributed by atoms with Gasteiger partial charge in [-0.15, -0.1) is 22.1 Å². The molecule has 0 fully saturated rings. The Kier molecular flexibility index (Phi) is 17.1. The van der Waals surface area contributed by atoms with Crippen LogP contribution in [0, 0.1) is 31.6 Å². The van der Waals surface area contributed by atoms with Gasteiger partial charge in [0.15, 0.2) is 5.78 Å². The van der Waals surface area contributed by atoms with Gasteiger partial charge in [0.05, 0.1) is 11.4 Å². The minimum atomic E-state index is -0.214. The zero-order valence-corrected chi connectivity index (χ0v) is 40.5. The van der Waals surface area contributed by atoms with E-state index in [1.54, 1.807) is 0 Å². The van der Waals surface area contributed by atoms with E-state index in [0.717, 1.165) is 115 Å². The number of hydrogen-bond acceptors (Lipinski definition) is 5. The third-order valence-electron chi connectivity index (χ3n) is 13.7. The minimum absolute atomic E-state index is 0. The zero-order chi connectivity index (χ0) is 43.2. The van der Waals surface area contributed by atoms with Gasteiger partial charge in [-0.2, -0.15) is 0 Å². The molecule has 5 heterocycles. The van der Waals surface area contributed by atoms with Gasteiger partial charge < -0.3 is 14.7 Å². The van der Waals surface area contributed by atoms with Gasteiger partial charge in [-0.05, 0) is 99.5 Å². The van der Waals surface area contributed by atoms with Crippen molar-refractivity contribution in [2.45, 2.75) is 165 Å². The van der Waals surface area contributed by atoms with E-state index >= 15 is 0 Å². The zero-order valence-electron chi connectivity index (χ0n) is 39.1. The van der Waals surface area contributed by atoms with Gasteiger partial charge >= 0.3 is 29.0 Å². The fourth-order valence-electron chi connectivity index (χ4n) is 9.70. The number of ether oxygens (including phenoxy) is 1. The van der Waals surface area contributed by atoms with Crippen LogP contribution in [0.5, 0.6) is 0 Å². The third-order valence-corrected chi connectivity index (χ3v) is 13.7. The summed E-state index contributed by atoms with van der Waals surface area (Å²) in [5, 5.41) is 0. The monoisotopic (exact) mass is 835 g/mol. The maximum Gasteiger partial charge on any atom is 2.00 e. The molecule has 0 aromatic carbocycles. The molecule has 322 valence electrons. The maximum absolute atomic E-state index is 13.7. The topological polar surface area (TPSA) is 97.4 Å². The van der Waals surface area contributed by atoms with Gasteiger partial charge in [0, 0.05) is 41.6 Å². The molecule has 0 amide bonds. The fraction of sp³-hybridized carbons (Fsp3) is 0.547. The standard InChI is InChI=1S/C53H71N4O3.Mg/c1-12-39-35(8)43-28-45-37(10)41(23-24-50(59)60-26-25-34(7)22-16-21-33(6)20-15-19-32(5)18-14-17-31(3)4)52(56-45)42-27-49(58)51-38(11)46(57-53(42)51)30-48-40(13-2)36(9)44(55-48)29-47(39)54-43;/h12,25,28-33,37,41H,1,13-24,26-27H2,2-11H3,(H-,54,55,56,57,58);/q-1;+2/p-1/b34-25+;/t32-,33-,37+,41+;/m1./s1. The predicted molar refractivity (Wildman–Crippen MR) is 255 cm³/mol. The summed E-state index contributed by atoms with van der Waals surface area (Å²) in [6.45, 7) is 26.5. The summed E-state index contributed by atoms with van der Waals surface area (Å²) in [6, 6.07) is 6.17. The number of esters is 1. The van der Waals surface area contributed by atoms with Crippen LogP contribution in [-0.2, 0) is 16.0 Å². The van der Waals surface area contributed by atoms with Crippen molar-refractivity contribution in [2.24, 2.45) is 17.8 Å². The second-order valence-electron chi connectivity index (χ2n) is 18.8. The van der Waals surface area contributed by atoms with Crippen molar-refractivity contribution in [3.63, 3.8) is 0 Å². The number of carbonyl (C=O) groups is 2. The average Bonchev–Trinajstić information content (AvgIpc) is 3.95. The van der Waals surface area contributed by atoms with E-state index in [9.17, 15) is 9.59 Å². The van der Waals surface area contributed by atoms with E-state index in [-0.39, 0.29) is 66.1 Å². The Balaban J connectivity index is 0.00000704. The molecule has 3 aromatic heterocycles. The Morgan fingerprint density at radius 2 is 1.54 bits per heavy atom. The molecule has 8 bridgehead atoms. The summed E-state index contributed by atoms with van der Waals surface area (Å²) in [5.74, 6) is 2.15. The van der Waals surface area contributed by atoms with Crippen LogP contribution in [0.3, 0.4) is 0 Å². The Morgan fingerprint density at radius 3 is 2.21 bits per heavy atom. The molecule has 0 unspecified atom stereocenters. The van der Waals surface area contributed by atoms with Crippen LogP contribution < -0.4 is 9.97 Å². The Hall–Kier alpha value is -3.75. The van der Waals surface area contributed by atoms with Gasteiger partial charge in [0.25, 0.3) is 0 Å². The number of allylic oxidation sites excluding steroid dienone is 3. The molecule has 0 radical (unpaired) electrons. The Bertz CT molecular complexity index is 2320. The Labute approximate surface area is 382 Å². The summed E-state index contributed by atoms with van der Waals surface area (Å²) in [4.78, 5) is 47.6. The summed E-state index contributed by atoms with van der Waals surface area (Å²) >= 11 is 0. The number of fused-ring (bicyclic) bond motifs is 8. The molecule has 2 aliphatic heterocycles. The number of aromatic nitrogens is 4. The molecule has 0 saturated carbocycles. The first kappa shape index (κ1) is 48.3. The molecular formula is C53H70MgN4O3. The fourth-order valence-corrected chi connectivity index (χ4v) is 9.70. The number of rotatable bonds is 19. The van der Waals surface area contributed by atoms with Gasteiger partial charge in [0.2, 0.25) is 0 Å². The summed E-state index contributed by atoms with van der Waals surface area (Å²) in [6.07, 6.45) is 17.3. The molecule has 6 rings (SSSR count). The molecule has 0 N–H and O–H groups in total. The van der Waals surface area contributed by atoms with E-state index in [0.29, 0.717) is 12.0 Å². The molecule has 4 atom stereocenters. The second kappa shape index (κ2) is 21.6. The van der Waals surface area contributed by atoms with Crippen molar-refractivity contribution in [3.05, 3.63) is 87.0 Å². The van der Waals surface area contributed by atoms with Crippen LogP contribution in [0.1, 0.15) is 200 Å². The van der Waals surface area contributed by atoms with Gasteiger partial charge in [-0.3, -0.25) is 14.6 Å². The first-order valence-electron chi connectivity index (χ1n) is 23.0. The van der Waals surface area contributed by atoms with Crippen LogP contribution in [-0.4, -0.2) is 51.4 Å². The van der Waals surface area contributed by atoms with Crippen molar-refractivity contribution in [3.8, 4) is 0 Å². The number of carbonyl (C=O) groups excluding carboxylic acids is 2. The molecule has 7 nitrogen and oxygen atoms in total. The first-order valence-corrected chi connectivity index (χ1v) is 23.0. The summed E-state index contributed by atoms with van der Waals surface area (Å²) < 4.78 is 5.78. The van der Waals surface area contributed by atoms with Crippen molar-refractivity contribution < 1.29 is 14.3 Å².